The second kappa shape index (κ2) is 7.79. The van der Waals surface area contributed by atoms with Crippen LogP contribution in [0, 0.1) is 0 Å². The first kappa shape index (κ1) is 14.6. The third kappa shape index (κ3) is 5.25. The molecule has 1 heterocycles. The number of rotatable bonds is 8. The lowest BCUT2D eigenvalue weighted by molar-refractivity contribution is -0.120. The summed E-state index contributed by atoms with van der Waals surface area (Å²) in [6.45, 7) is 1.76. The number of likely N-dealkylation sites (N-methyl/N-ethyl adjacent to an activating group) is 2. The van der Waals surface area contributed by atoms with E-state index in [1.54, 1.807) is 13.2 Å². The van der Waals surface area contributed by atoms with Gasteiger partial charge in [0.15, 0.2) is 0 Å². The molecule has 5 heteroatoms. The molecule has 18 heavy (non-hydrogen) atoms. The van der Waals surface area contributed by atoms with E-state index in [0.717, 1.165) is 31.6 Å². The molecule has 1 amide bonds. The molecule has 0 bridgehead atoms. The van der Waals surface area contributed by atoms with Crippen molar-refractivity contribution in [3.05, 3.63) is 30.1 Å². The Balaban J connectivity index is 2.25. The average molecular weight is 250 g/mol. The summed E-state index contributed by atoms with van der Waals surface area (Å²) in [4.78, 5) is 17.5. The van der Waals surface area contributed by atoms with E-state index in [9.17, 15) is 4.79 Å². The molecule has 1 rings (SSSR count). The predicted molar refractivity (Wildman–Crippen MR) is 72.1 cm³/mol. The van der Waals surface area contributed by atoms with Crippen molar-refractivity contribution < 1.29 is 4.79 Å². The van der Waals surface area contributed by atoms with E-state index < -0.39 is 0 Å². The van der Waals surface area contributed by atoms with Crippen LogP contribution in [-0.2, 0) is 11.2 Å². The second-order valence-electron chi connectivity index (χ2n) is 4.41. The molecule has 1 unspecified atom stereocenters. The minimum atomic E-state index is -0.296. The highest BCUT2D eigenvalue weighted by atomic mass is 16.1. The standard InChI is InChI=1S/C13H22N4O/c1-15-12(13(14)18)7-10-17(2)9-6-11-5-3-4-8-16-11/h3-5,8,12,15H,6-7,9-10H2,1-2H3,(H2,14,18). The van der Waals surface area contributed by atoms with Gasteiger partial charge in [0.1, 0.15) is 0 Å². The van der Waals surface area contributed by atoms with Crippen LogP contribution in [0.25, 0.3) is 0 Å². The molecule has 0 aromatic carbocycles. The van der Waals surface area contributed by atoms with Crippen LogP contribution in [-0.4, -0.2) is 49.0 Å². The van der Waals surface area contributed by atoms with E-state index in [1.165, 1.54) is 0 Å². The van der Waals surface area contributed by atoms with Crippen LogP contribution in [0.15, 0.2) is 24.4 Å². The normalized spacial score (nSPS) is 12.6. The summed E-state index contributed by atoms with van der Waals surface area (Å²) in [5.74, 6) is -0.296. The van der Waals surface area contributed by atoms with Gasteiger partial charge in [-0.25, -0.2) is 0 Å². The number of nitrogens with two attached hydrogens (primary N) is 1. The minimum Gasteiger partial charge on any atom is -0.368 e. The lowest BCUT2D eigenvalue weighted by Gasteiger charge is -2.19. The highest BCUT2D eigenvalue weighted by molar-refractivity contribution is 5.79. The Morgan fingerprint density at radius 2 is 2.28 bits per heavy atom. The van der Waals surface area contributed by atoms with Crippen LogP contribution in [0.2, 0.25) is 0 Å². The zero-order valence-electron chi connectivity index (χ0n) is 11.1. The molecule has 0 fully saturated rings. The molecule has 100 valence electrons. The number of hydrogen-bond acceptors (Lipinski definition) is 4. The molecule has 0 aliphatic rings. The largest absolute Gasteiger partial charge is 0.368 e. The quantitative estimate of drug-likeness (QED) is 0.682. The fourth-order valence-electron chi connectivity index (χ4n) is 1.74. The number of primary amides is 1. The van der Waals surface area contributed by atoms with Crippen LogP contribution < -0.4 is 11.1 Å². The van der Waals surface area contributed by atoms with Crippen molar-refractivity contribution >= 4 is 5.91 Å². The Labute approximate surface area is 108 Å². The zero-order chi connectivity index (χ0) is 13.4. The average Bonchev–Trinajstić information content (AvgIpc) is 2.38. The van der Waals surface area contributed by atoms with Crippen molar-refractivity contribution in [1.82, 2.24) is 15.2 Å². The molecule has 0 spiro atoms. The van der Waals surface area contributed by atoms with Crippen LogP contribution in [0.1, 0.15) is 12.1 Å². The van der Waals surface area contributed by atoms with E-state index >= 15 is 0 Å². The summed E-state index contributed by atoms with van der Waals surface area (Å²) in [7, 11) is 3.79. The highest BCUT2D eigenvalue weighted by Gasteiger charge is 2.12. The van der Waals surface area contributed by atoms with Gasteiger partial charge in [0.05, 0.1) is 6.04 Å². The van der Waals surface area contributed by atoms with Gasteiger partial charge in [-0.05, 0) is 39.2 Å². The summed E-state index contributed by atoms with van der Waals surface area (Å²) < 4.78 is 0. The van der Waals surface area contributed by atoms with Crippen LogP contribution in [0.4, 0.5) is 0 Å². The summed E-state index contributed by atoms with van der Waals surface area (Å²) in [5, 5.41) is 2.92. The zero-order valence-corrected chi connectivity index (χ0v) is 11.1. The molecule has 0 saturated heterocycles. The Bertz CT molecular complexity index is 355. The number of carbonyl (C=O) groups excluding carboxylic acids is 1. The van der Waals surface area contributed by atoms with Crippen molar-refractivity contribution in [2.45, 2.75) is 18.9 Å². The lowest BCUT2D eigenvalue weighted by Crippen LogP contribution is -2.41. The predicted octanol–water partition coefficient (Wildman–Crippen LogP) is 0.0193. The number of amides is 1. The van der Waals surface area contributed by atoms with Crippen LogP contribution in [0.3, 0.4) is 0 Å². The van der Waals surface area contributed by atoms with Crippen molar-refractivity contribution in [2.75, 3.05) is 27.2 Å². The number of pyridine rings is 1. The minimum absolute atomic E-state index is 0.248. The fraction of sp³-hybridized carbons (Fsp3) is 0.538. The van der Waals surface area contributed by atoms with Gasteiger partial charge in [-0.2, -0.15) is 0 Å². The van der Waals surface area contributed by atoms with Crippen molar-refractivity contribution in [2.24, 2.45) is 5.73 Å². The second-order valence-corrected chi connectivity index (χ2v) is 4.41. The van der Waals surface area contributed by atoms with Crippen LogP contribution in [0.5, 0.6) is 0 Å². The van der Waals surface area contributed by atoms with E-state index in [1.807, 2.05) is 25.2 Å². The van der Waals surface area contributed by atoms with E-state index in [-0.39, 0.29) is 11.9 Å². The van der Waals surface area contributed by atoms with Gasteiger partial charge >= 0.3 is 0 Å². The molecule has 5 nitrogen and oxygen atoms in total. The fourth-order valence-corrected chi connectivity index (χ4v) is 1.74. The number of nitrogens with zero attached hydrogens (tertiary/aromatic N) is 2. The summed E-state index contributed by atoms with van der Waals surface area (Å²) >= 11 is 0. The van der Waals surface area contributed by atoms with Gasteiger partial charge in [-0.1, -0.05) is 6.07 Å². The maximum Gasteiger partial charge on any atom is 0.234 e. The van der Waals surface area contributed by atoms with Crippen molar-refractivity contribution in [1.29, 1.82) is 0 Å². The SMILES string of the molecule is CNC(CCN(C)CCc1ccccn1)C(N)=O. The Morgan fingerprint density at radius 1 is 1.50 bits per heavy atom. The molecule has 0 radical (unpaired) electrons. The van der Waals surface area contributed by atoms with Crippen molar-refractivity contribution in [3.63, 3.8) is 0 Å². The molecular formula is C13H22N4O. The maximum absolute atomic E-state index is 11.1. The third-order valence-electron chi connectivity index (χ3n) is 2.97. The van der Waals surface area contributed by atoms with E-state index in [2.05, 4.69) is 15.2 Å². The summed E-state index contributed by atoms with van der Waals surface area (Å²) in [6, 6.07) is 5.68. The van der Waals surface area contributed by atoms with Gasteiger partial charge < -0.3 is 16.0 Å². The van der Waals surface area contributed by atoms with Gasteiger partial charge in [-0.3, -0.25) is 9.78 Å². The molecule has 0 saturated carbocycles. The first-order chi connectivity index (χ1) is 8.63. The van der Waals surface area contributed by atoms with Crippen LogP contribution >= 0.6 is 0 Å². The van der Waals surface area contributed by atoms with Gasteiger partial charge in [0.2, 0.25) is 5.91 Å². The first-order valence-electron chi connectivity index (χ1n) is 6.18. The van der Waals surface area contributed by atoms with Gasteiger partial charge in [0, 0.05) is 24.9 Å². The first-order valence-corrected chi connectivity index (χ1v) is 6.18. The summed E-state index contributed by atoms with van der Waals surface area (Å²) in [5.41, 5.74) is 6.36. The summed E-state index contributed by atoms with van der Waals surface area (Å²) in [6.07, 6.45) is 3.45. The highest BCUT2D eigenvalue weighted by Crippen LogP contribution is 1.98. The molecule has 3 N–H and O–H groups in total. The molecule has 1 aromatic heterocycles. The number of carbonyl (C=O) groups is 1. The number of aromatic nitrogens is 1. The lowest BCUT2D eigenvalue weighted by atomic mass is 10.2. The van der Waals surface area contributed by atoms with E-state index in [0.29, 0.717) is 0 Å². The molecule has 1 aromatic rings. The Hall–Kier alpha value is -1.46. The molecule has 1 atom stereocenters. The van der Waals surface area contributed by atoms with Gasteiger partial charge in [-0.15, -0.1) is 0 Å². The number of hydrogen-bond donors (Lipinski definition) is 2. The molecular weight excluding hydrogens is 228 g/mol. The Kier molecular flexibility index (Phi) is 6.32. The van der Waals surface area contributed by atoms with Gasteiger partial charge in [0.25, 0.3) is 0 Å². The van der Waals surface area contributed by atoms with Crippen molar-refractivity contribution in [3.8, 4) is 0 Å². The molecule has 0 aliphatic carbocycles. The topological polar surface area (TPSA) is 71.2 Å². The third-order valence-corrected chi connectivity index (χ3v) is 2.97. The maximum atomic E-state index is 11.1. The Morgan fingerprint density at radius 3 is 2.83 bits per heavy atom. The smallest absolute Gasteiger partial charge is 0.234 e. The monoisotopic (exact) mass is 250 g/mol. The molecule has 0 aliphatic heterocycles. The number of nitrogens with one attached hydrogen (secondary N) is 1. The van der Waals surface area contributed by atoms with E-state index in [4.69, 9.17) is 5.73 Å².